The fraction of sp³-hybridized carbons (Fsp3) is 0. The molecule has 0 amide bonds. The summed E-state index contributed by atoms with van der Waals surface area (Å²) in [6.07, 6.45) is 0. The van der Waals surface area contributed by atoms with Crippen LogP contribution in [0.2, 0.25) is 0 Å². The number of fused-ring (bicyclic) bond motifs is 2. The van der Waals surface area contributed by atoms with Crippen molar-refractivity contribution >= 4 is 44.6 Å². The zero-order chi connectivity index (χ0) is 17.3. The predicted molar refractivity (Wildman–Crippen MR) is 117 cm³/mol. The maximum atomic E-state index is 3.36. The molecule has 5 aromatic carbocycles. The standard InChI is InChI=1S/C26H17.BrH.Mg/c1-3-14-23-19(8-1)10-6-16-25(23)21-12-5-13-22(18-21)26-17-7-11-20-9-2-4-15-24(20)26;;/h1-4,6-18H;1H;/q-1;;+2/p-1. The van der Waals surface area contributed by atoms with Gasteiger partial charge in [-0.3, -0.25) is 0 Å². The van der Waals surface area contributed by atoms with Crippen molar-refractivity contribution in [2.24, 2.45) is 0 Å². The van der Waals surface area contributed by atoms with Crippen molar-refractivity contribution in [3.05, 3.63) is 109 Å². The van der Waals surface area contributed by atoms with Crippen molar-refractivity contribution in [3.8, 4) is 22.3 Å². The van der Waals surface area contributed by atoms with Crippen LogP contribution in [0.25, 0.3) is 43.8 Å². The molecular formula is C26H17BrMg. The van der Waals surface area contributed by atoms with Crippen LogP contribution in [0.15, 0.2) is 103 Å². The Morgan fingerprint density at radius 3 is 1.43 bits per heavy atom. The summed E-state index contributed by atoms with van der Waals surface area (Å²) in [7, 11) is 0. The summed E-state index contributed by atoms with van der Waals surface area (Å²) in [6.45, 7) is 0. The van der Waals surface area contributed by atoms with Gasteiger partial charge in [-0.05, 0) is 21.5 Å². The van der Waals surface area contributed by atoms with Crippen molar-refractivity contribution in [2.45, 2.75) is 0 Å². The van der Waals surface area contributed by atoms with Crippen LogP contribution in [-0.2, 0) is 0 Å². The van der Waals surface area contributed by atoms with Gasteiger partial charge in [-0.15, -0.1) is 11.1 Å². The Morgan fingerprint density at radius 2 is 0.929 bits per heavy atom. The van der Waals surface area contributed by atoms with E-state index in [0.29, 0.717) is 0 Å². The minimum absolute atomic E-state index is 0. The molecule has 5 rings (SSSR count). The molecule has 28 heavy (non-hydrogen) atoms. The molecule has 0 radical (unpaired) electrons. The van der Waals surface area contributed by atoms with E-state index < -0.39 is 0 Å². The van der Waals surface area contributed by atoms with E-state index >= 15 is 0 Å². The molecular weight excluding hydrogens is 416 g/mol. The summed E-state index contributed by atoms with van der Waals surface area (Å²) in [4.78, 5) is 0. The molecule has 130 valence electrons. The Hall–Kier alpha value is -2.13. The van der Waals surface area contributed by atoms with Gasteiger partial charge in [0.2, 0.25) is 0 Å². The van der Waals surface area contributed by atoms with Gasteiger partial charge < -0.3 is 17.0 Å². The van der Waals surface area contributed by atoms with E-state index in [0.717, 1.165) is 0 Å². The van der Waals surface area contributed by atoms with Crippen LogP contribution in [0.1, 0.15) is 0 Å². The van der Waals surface area contributed by atoms with Gasteiger partial charge in [0.15, 0.2) is 0 Å². The van der Waals surface area contributed by atoms with Gasteiger partial charge in [-0.2, -0.15) is 24.3 Å². The predicted octanol–water partition coefficient (Wildman–Crippen LogP) is 3.75. The first kappa shape index (κ1) is 20.6. The second-order valence-electron chi connectivity index (χ2n) is 6.56. The second kappa shape index (κ2) is 8.91. The van der Waals surface area contributed by atoms with Gasteiger partial charge in [-0.1, -0.05) is 96.1 Å². The summed E-state index contributed by atoms with van der Waals surface area (Å²) in [5, 5.41) is 5.08. The molecule has 0 N–H and O–H groups in total. The van der Waals surface area contributed by atoms with Crippen LogP contribution in [0.3, 0.4) is 0 Å². The van der Waals surface area contributed by atoms with Crippen LogP contribution in [-0.4, -0.2) is 23.1 Å². The van der Waals surface area contributed by atoms with E-state index in [-0.39, 0.29) is 40.0 Å². The van der Waals surface area contributed by atoms with Crippen LogP contribution < -0.4 is 17.0 Å². The van der Waals surface area contributed by atoms with Crippen LogP contribution in [0, 0.1) is 6.07 Å². The maximum absolute atomic E-state index is 3.36. The van der Waals surface area contributed by atoms with Crippen molar-refractivity contribution in [1.29, 1.82) is 0 Å². The largest absolute Gasteiger partial charge is 2.00 e. The van der Waals surface area contributed by atoms with Crippen LogP contribution in [0.4, 0.5) is 0 Å². The molecule has 0 aromatic heterocycles. The Morgan fingerprint density at radius 1 is 0.500 bits per heavy atom. The van der Waals surface area contributed by atoms with Crippen molar-refractivity contribution in [2.75, 3.05) is 0 Å². The fourth-order valence-electron chi connectivity index (χ4n) is 3.74. The molecule has 0 saturated carbocycles. The van der Waals surface area contributed by atoms with E-state index in [1.54, 1.807) is 0 Å². The van der Waals surface area contributed by atoms with E-state index in [4.69, 9.17) is 0 Å². The van der Waals surface area contributed by atoms with Crippen LogP contribution >= 0.6 is 0 Å². The van der Waals surface area contributed by atoms with Crippen LogP contribution in [0.5, 0.6) is 0 Å². The van der Waals surface area contributed by atoms with E-state index in [1.165, 1.54) is 43.8 Å². The number of rotatable bonds is 2. The molecule has 0 heterocycles. The minimum atomic E-state index is 0. The summed E-state index contributed by atoms with van der Waals surface area (Å²) in [5.41, 5.74) is 4.90. The smallest absolute Gasteiger partial charge is 1.00 e. The molecule has 0 aliphatic carbocycles. The Labute approximate surface area is 192 Å². The van der Waals surface area contributed by atoms with Crippen molar-refractivity contribution < 1.29 is 17.0 Å². The molecule has 0 atom stereocenters. The average molecular weight is 434 g/mol. The first-order valence-corrected chi connectivity index (χ1v) is 8.87. The third-order valence-corrected chi connectivity index (χ3v) is 4.99. The van der Waals surface area contributed by atoms with Gasteiger partial charge in [0.05, 0.1) is 0 Å². The number of halogens is 1. The SMILES string of the molecule is [Br-].[Mg+2].[c-]1cc(-c2cccc3ccccc23)cc(-c2cccc3ccccc23)c1. The van der Waals surface area contributed by atoms with Gasteiger partial charge in [-0.25, -0.2) is 0 Å². The molecule has 5 aromatic rings. The third-order valence-electron chi connectivity index (χ3n) is 4.99. The number of hydrogen-bond acceptors (Lipinski definition) is 0. The molecule has 0 aliphatic heterocycles. The van der Waals surface area contributed by atoms with Gasteiger partial charge in [0.25, 0.3) is 0 Å². The molecule has 0 spiro atoms. The summed E-state index contributed by atoms with van der Waals surface area (Å²) in [6, 6.07) is 39.8. The number of benzene rings is 5. The fourth-order valence-corrected chi connectivity index (χ4v) is 3.74. The Kier molecular flexibility index (Phi) is 6.56. The zero-order valence-corrected chi connectivity index (χ0v) is 18.4. The third kappa shape index (κ3) is 3.73. The Bertz CT molecular complexity index is 1140. The van der Waals surface area contributed by atoms with Crippen molar-refractivity contribution in [1.82, 2.24) is 0 Å². The normalized spacial score (nSPS) is 10.3. The summed E-state index contributed by atoms with van der Waals surface area (Å²) in [5.74, 6) is 0. The second-order valence-corrected chi connectivity index (χ2v) is 6.56. The molecule has 2 heteroatoms. The minimum Gasteiger partial charge on any atom is -1.00 e. The Balaban J connectivity index is 0.00000112. The first-order chi connectivity index (χ1) is 12.9. The monoisotopic (exact) mass is 432 g/mol. The van der Waals surface area contributed by atoms with E-state index in [1.807, 2.05) is 0 Å². The van der Waals surface area contributed by atoms with Crippen molar-refractivity contribution in [3.63, 3.8) is 0 Å². The summed E-state index contributed by atoms with van der Waals surface area (Å²) >= 11 is 0. The molecule has 0 unspecified atom stereocenters. The van der Waals surface area contributed by atoms with Gasteiger partial charge in [0, 0.05) is 0 Å². The molecule has 0 aliphatic rings. The molecule has 0 nitrogen and oxygen atoms in total. The summed E-state index contributed by atoms with van der Waals surface area (Å²) < 4.78 is 0. The molecule has 0 fully saturated rings. The first-order valence-electron chi connectivity index (χ1n) is 8.87. The van der Waals surface area contributed by atoms with E-state index in [2.05, 4.69) is 109 Å². The molecule has 0 saturated heterocycles. The molecule has 0 bridgehead atoms. The maximum Gasteiger partial charge on any atom is 2.00 e. The quantitative estimate of drug-likeness (QED) is 0.294. The topological polar surface area (TPSA) is 0 Å². The van der Waals surface area contributed by atoms with E-state index in [9.17, 15) is 0 Å². The average Bonchev–Trinajstić information content (AvgIpc) is 2.73. The van der Waals surface area contributed by atoms with Gasteiger partial charge in [0.1, 0.15) is 0 Å². The van der Waals surface area contributed by atoms with Gasteiger partial charge >= 0.3 is 23.1 Å². The zero-order valence-electron chi connectivity index (χ0n) is 15.4. The number of hydrogen-bond donors (Lipinski definition) is 0.